The van der Waals surface area contributed by atoms with E-state index >= 15 is 0 Å². The first-order valence-corrected chi connectivity index (χ1v) is 6.15. The van der Waals surface area contributed by atoms with Gasteiger partial charge in [-0.25, -0.2) is 4.79 Å². The molecule has 1 unspecified atom stereocenters. The van der Waals surface area contributed by atoms with E-state index in [4.69, 9.17) is 4.74 Å². The lowest BCUT2D eigenvalue weighted by Crippen LogP contribution is -2.35. The van der Waals surface area contributed by atoms with Crippen LogP contribution in [0.5, 0.6) is 0 Å². The van der Waals surface area contributed by atoms with E-state index in [0.717, 1.165) is 24.3 Å². The van der Waals surface area contributed by atoms with E-state index in [0.29, 0.717) is 6.29 Å². The Morgan fingerprint density at radius 3 is 2.10 bits per heavy atom. The molecule has 1 aromatic carbocycles. The predicted molar refractivity (Wildman–Crippen MR) is 69.6 cm³/mol. The summed E-state index contributed by atoms with van der Waals surface area (Å²) >= 11 is 0. The Hall–Kier alpha value is -2.05. The zero-order valence-electron chi connectivity index (χ0n) is 11.8. The second-order valence-electron chi connectivity index (χ2n) is 5.38. The standard InChI is InChI=1S/C14H16F3NO3/c1-13(2,3)21-12(20)18-11(8-19)9-4-6-10(7-5-9)14(15,16)17/h4-8,11H,1-3H3,(H,18,20). The number of alkyl carbamates (subject to hydrolysis) is 1. The number of halogens is 3. The third-order valence-corrected chi connectivity index (χ3v) is 2.41. The summed E-state index contributed by atoms with van der Waals surface area (Å²) in [4.78, 5) is 22.6. The molecule has 1 aromatic rings. The number of carbonyl (C=O) groups is 2. The number of carbonyl (C=O) groups excluding carboxylic acids is 2. The Morgan fingerprint density at radius 1 is 1.19 bits per heavy atom. The van der Waals surface area contributed by atoms with E-state index in [1.807, 2.05) is 0 Å². The summed E-state index contributed by atoms with van der Waals surface area (Å²) in [7, 11) is 0. The van der Waals surface area contributed by atoms with Crippen molar-refractivity contribution in [2.75, 3.05) is 0 Å². The summed E-state index contributed by atoms with van der Waals surface area (Å²) in [6, 6.07) is 2.91. The van der Waals surface area contributed by atoms with E-state index in [1.165, 1.54) is 0 Å². The molecule has 0 saturated heterocycles. The van der Waals surface area contributed by atoms with Crippen LogP contribution >= 0.6 is 0 Å². The average Bonchev–Trinajstić information content (AvgIpc) is 2.33. The monoisotopic (exact) mass is 303 g/mol. The van der Waals surface area contributed by atoms with Crippen molar-refractivity contribution < 1.29 is 27.5 Å². The van der Waals surface area contributed by atoms with Gasteiger partial charge in [0.2, 0.25) is 0 Å². The molecular weight excluding hydrogens is 287 g/mol. The Labute approximate surface area is 120 Å². The topological polar surface area (TPSA) is 55.4 Å². The first-order chi connectivity index (χ1) is 9.53. The van der Waals surface area contributed by atoms with Crippen LogP contribution < -0.4 is 5.32 Å². The summed E-state index contributed by atoms with van der Waals surface area (Å²) in [5, 5.41) is 2.29. The molecule has 0 saturated carbocycles. The van der Waals surface area contributed by atoms with Gasteiger partial charge in [0.25, 0.3) is 0 Å². The summed E-state index contributed by atoms with van der Waals surface area (Å²) in [5.41, 5.74) is -1.32. The minimum Gasteiger partial charge on any atom is -0.444 e. The quantitative estimate of drug-likeness (QED) is 0.870. The van der Waals surface area contributed by atoms with Crippen molar-refractivity contribution in [1.82, 2.24) is 5.32 Å². The highest BCUT2D eigenvalue weighted by Gasteiger charge is 2.30. The summed E-state index contributed by atoms with van der Waals surface area (Å²) < 4.78 is 42.3. The lowest BCUT2D eigenvalue weighted by atomic mass is 10.1. The first kappa shape index (κ1) is 17.0. The number of hydrogen-bond donors (Lipinski definition) is 1. The molecule has 116 valence electrons. The lowest BCUT2D eigenvalue weighted by molar-refractivity contribution is -0.137. The molecule has 0 aliphatic rings. The maximum Gasteiger partial charge on any atom is 0.416 e. The minimum absolute atomic E-state index is 0.240. The molecule has 0 radical (unpaired) electrons. The van der Waals surface area contributed by atoms with Crippen molar-refractivity contribution in [3.8, 4) is 0 Å². The van der Waals surface area contributed by atoms with Gasteiger partial charge in [0.05, 0.1) is 5.56 Å². The van der Waals surface area contributed by atoms with Gasteiger partial charge in [-0.2, -0.15) is 13.2 Å². The molecular formula is C14H16F3NO3. The molecule has 0 aliphatic heterocycles. The second kappa shape index (κ2) is 6.15. The van der Waals surface area contributed by atoms with Crippen LogP contribution in [0.4, 0.5) is 18.0 Å². The molecule has 1 amide bonds. The number of nitrogens with one attached hydrogen (secondary N) is 1. The number of benzene rings is 1. The molecule has 0 aromatic heterocycles. The summed E-state index contributed by atoms with van der Waals surface area (Å²) in [6.07, 6.45) is -4.85. The molecule has 21 heavy (non-hydrogen) atoms. The normalized spacial score (nSPS) is 13.4. The van der Waals surface area contributed by atoms with Crippen LogP contribution in [0.3, 0.4) is 0 Å². The molecule has 0 spiro atoms. The fourth-order valence-electron chi connectivity index (χ4n) is 1.51. The Bertz CT molecular complexity index is 504. The van der Waals surface area contributed by atoms with Crippen molar-refractivity contribution in [2.45, 2.75) is 38.6 Å². The molecule has 1 N–H and O–H groups in total. The number of aldehydes is 1. The maximum absolute atomic E-state index is 12.4. The molecule has 7 heteroatoms. The Kier molecular flexibility index (Phi) is 4.98. The number of alkyl halides is 3. The third-order valence-electron chi connectivity index (χ3n) is 2.41. The van der Waals surface area contributed by atoms with Crippen LogP contribution in [0.1, 0.15) is 37.9 Å². The number of hydrogen-bond acceptors (Lipinski definition) is 3. The Morgan fingerprint density at radius 2 is 1.71 bits per heavy atom. The maximum atomic E-state index is 12.4. The van der Waals surface area contributed by atoms with E-state index in [1.54, 1.807) is 20.8 Å². The van der Waals surface area contributed by atoms with E-state index < -0.39 is 29.5 Å². The van der Waals surface area contributed by atoms with Gasteiger partial charge in [-0.15, -0.1) is 0 Å². The van der Waals surface area contributed by atoms with Crippen LogP contribution in [0, 0.1) is 0 Å². The zero-order valence-corrected chi connectivity index (χ0v) is 11.8. The molecule has 0 aliphatic carbocycles. The first-order valence-electron chi connectivity index (χ1n) is 6.15. The summed E-state index contributed by atoms with van der Waals surface area (Å²) in [5.74, 6) is 0. The Balaban J connectivity index is 2.81. The fraction of sp³-hybridized carbons (Fsp3) is 0.429. The lowest BCUT2D eigenvalue weighted by Gasteiger charge is -2.21. The summed E-state index contributed by atoms with van der Waals surface area (Å²) in [6.45, 7) is 4.96. The fourth-order valence-corrected chi connectivity index (χ4v) is 1.51. The van der Waals surface area contributed by atoms with Gasteiger partial charge in [-0.1, -0.05) is 12.1 Å². The smallest absolute Gasteiger partial charge is 0.416 e. The highest BCUT2D eigenvalue weighted by Crippen LogP contribution is 2.29. The molecule has 0 heterocycles. The minimum atomic E-state index is -4.45. The number of amides is 1. The van der Waals surface area contributed by atoms with E-state index in [2.05, 4.69) is 5.32 Å². The predicted octanol–water partition coefficient (Wildman–Crippen LogP) is 3.47. The van der Waals surface area contributed by atoms with Gasteiger partial charge in [0.1, 0.15) is 17.9 Å². The van der Waals surface area contributed by atoms with E-state index in [-0.39, 0.29) is 5.56 Å². The SMILES string of the molecule is CC(C)(C)OC(=O)NC(C=O)c1ccc(C(F)(F)F)cc1. The highest BCUT2D eigenvalue weighted by atomic mass is 19.4. The van der Waals surface area contributed by atoms with Gasteiger partial charge < -0.3 is 14.8 Å². The van der Waals surface area contributed by atoms with Crippen LogP contribution in [0.25, 0.3) is 0 Å². The highest BCUT2D eigenvalue weighted by molar-refractivity contribution is 5.74. The van der Waals surface area contributed by atoms with Crippen molar-refractivity contribution in [3.05, 3.63) is 35.4 Å². The van der Waals surface area contributed by atoms with E-state index in [9.17, 15) is 22.8 Å². The largest absolute Gasteiger partial charge is 0.444 e. The van der Waals surface area contributed by atoms with Gasteiger partial charge in [-0.05, 0) is 38.5 Å². The van der Waals surface area contributed by atoms with Gasteiger partial charge in [0.15, 0.2) is 0 Å². The van der Waals surface area contributed by atoms with Gasteiger partial charge >= 0.3 is 12.3 Å². The molecule has 0 fully saturated rings. The van der Waals surface area contributed by atoms with Crippen LogP contribution in [0.15, 0.2) is 24.3 Å². The van der Waals surface area contributed by atoms with Gasteiger partial charge in [0, 0.05) is 0 Å². The second-order valence-corrected chi connectivity index (χ2v) is 5.38. The van der Waals surface area contributed by atoms with Crippen LogP contribution in [-0.2, 0) is 15.7 Å². The van der Waals surface area contributed by atoms with Crippen molar-refractivity contribution in [3.63, 3.8) is 0 Å². The molecule has 1 rings (SSSR count). The third kappa shape index (κ3) is 5.45. The zero-order chi connectivity index (χ0) is 16.3. The number of ether oxygens (including phenoxy) is 1. The van der Waals surface area contributed by atoms with Crippen molar-refractivity contribution in [2.24, 2.45) is 0 Å². The van der Waals surface area contributed by atoms with Crippen molar-refractivity contribution >= 4 is 12.4 Å². The van der Waals surface area contributed by atoms with Crippen molar-refractivity contribution in [1.29, 1.82) is 0 Å². The van der Waals surface area contributed by atoms with Crippen LogP contribution in [0.2, 0.25) is 0 Å². The van der Waals surface area contributed by atoms with Crippen LogP contribution in [-0.4, -0.2) is 18.0 Å². The van der Waals surface area contributed by atoms with Gasteiger partial charge in [-0.3, -0.25) is 0 Å². The molecule has 1 atom stereocenters. The average molecular weight is 303 g/mol. The number of rotatable bonds is 3. The molecule has 0 bridgehead atoms. The molecule has 4 nitrogen and oxygen atoms in total.